The van der Waals surface area contributed by atoms with Gasteiger partial charge in [0.15, 0.2) is 5.82 Å². The van der Waals surface area contributed by atoms with E-state index >= 15 is 0 Å². The molecule has 6 nitrogen and oxygen atoms in total. The van der Waals surface area contributed by atoms with Gasteiger partial charge in [-0.25, -0.2) is 15.0 Å². The Labute approximate surface area is 347 Å². The highest BCUT2D eigenvalue weighted by molar-refractivity contribution is 6.11. The van der Waals surface area contributed by atoms with E-state index in [-0.39, 0.29) is 0 Å². The third kappa shape index (κ3) is 5.69. The standard InChI is InChI=1S/C54H38N6/c1-3-14-49-42(4-2)45-28-29-48-46(31-33-58(48)40-17-7-5-8-18-40)52(45)60(49)50-30-27-39(35-55-50)53-56-51(47-32-34-59(54(47)57-53)41-19-9-6-10-20-41)38-25-23-37(24-26-38)44-22-13-16-36-15-11-12-21-43(36)44/h3-35H,2H2,1H3/b14-3-. The van der Waals surface area contributed by atoms with Crippen molar-refractivity contribution in [3.8, 4) is 51.0 Å². The van der Waals surface area contributed by atoms with Crippen molar-refractivity contribution in [2.24, 2.45) is 0 Å². The molecule has 60 heavy (non-hydrogen) atoms. The van der Waals surface area contributed by atoms with Crippen molar-refractivity contribution >= 4 is 55.8 Å². The molecule has 6 aromatic carbocycles. The van der Waals surface area contributed by atoms with Gasteiger partial charge in [-0.15, -0.1) is 0 Å². The number of hydrogen-bond acceptors (Lipinski definition) is 3. The summed E-state index contributed by atoms with van der Waals surface area (Å²) in [6, 6.07) is 57.4. The van der Waals surface area contributed by atoms with Crippen LogP contribution in [0.15, 0.2) is 195 Å². The Hall–Kier alpha value is -8.09. The average molecular weight is 771 g/mol. The van der Waals surface area contributed by atoms with E-state index in [1.165, 1.54) is 16.3 Å². The lowest BCUT2D eigenvalue weighted by Gasteiger charge is -2.12. The van der Waals surface area contributed by atoms with E-state index in [0.717, 1.165) is 83.7 Å². The first-order valence-corrected chi connectivity index (χ1v) is 20.2. The normalized spacial score (nSPS) is 11.8. The maximum Gasteiger partial charge on any atom is 0.163 e. The second kappa shape index (κ2) is 14.4. The van der Waals surface area contributed by atoms with Crippen molar-refractivity contribution in [3.05, 3.63) is 206 Å². The first kappa shape index (κ1) is 35.1. The van der Waals surface area contributed by atoms with E-state index in [9.17, 15) is 0 Å². The number of allylic oxidation sites excluding steroid dienone is 1. The lowest BCUT2D eigenvalue weighted by molar-refractivity contribution is 1.03. The Bertz CT molecular complexity index is 3420. The molecule has 0 atom stereocenters. The molecule has 0 N–H and O–H groups in total. The highest BCUT2D eigenvalue weighted by Crippen LogP contribution is 2.38. The molecule has 0 aliphatic carbocycles. The minimum atomic E-state index is 0.603. The third-order valence-corrected chi connectivity index (χ3v) is 11.5. The van der Waals surface area contributed by atoms with Crippen LogP contribution >= 0.6 is 0 Å². The Morgan fingerprint density at radius 2 is 1.23 bits per heavy atom. The van der Waals surface area contributed by atoms with Gasteiger partial charge in [0.1, 0.15) is 11.5 Å². The summed E-state index contributed by atoms with van der Waals surface area (Å²) in [5.41, 5.74) is 12.3. The van der Waals surface area contributed by atoms with Gasteiger partial charge in [0.2, 0.25) is 0 Å². The van der Waals surface area contributed by atoms with Crippen LogP contribution in [0.3, 0.4) is 0 Å². The average Bonchev–Trinajstić information content (AvgIpc) is 4.03. The predicted molar refractivity (Wildman–Crippen MR) is 249 cm³/mol. The number of nitrogens with zero attached hydrogens (tertiary/aromatic N) is 6. The van der Waals surface area contributed by atoms with E-state index < -0.39 is 0 Å². The molecule has 0 bridgehead atoms. The molecule has 0 aliphatic rings. The number of para-hydroxylation sites is 2. The van der Waals surface area contributed by atoms with Crippen LogP contribution in [0.1, 0.15) is 18.2 Å². The van der Waals surface area contributed by atoms with E-state index in [2.05, 4.69) is 184 Å². The summed E-state index contributed by atoms with van der Waals surface area (Å²) >= 11 is 0. The lowest BCUT2D eigenvalue weighted by Crippen LogP contribution is -2.02. The summed E-state index contributed by atoms with van der Waals surface area (Å²) < 4.78 is 6.62. The fraction of sp³-hybridized carbons (Fsp3) is 0.0185. The first-order chi connectivity index (χ1) is 29.7. The van der Waals surface area contributed by atoms with Crippen LogP contribution in [0.4, 0.5) is 0 Å². The molecular formula is C54H38N6. The van der Waals surface area contributed by atoms with Gasteiger partial charge in [-0.1, -0.05) is 128 Å². The van der Waals surface area contributed by atoms with Crippen molar-refractivity contribution < 1.29 is 0 Å². The van der Waals surface area contributed by atoms with Crippen LogP contribution in [0.25, 0.3) is 107 Å². The second-order valence-electron chi connectivity index (χ2n) is 14.9. The van der Waals surface area contributed by atoms with E-state index in [4.69, 9.17) is 15.0 Å². The van der Waals surface area contributed by atoms with Gasteiger partial charge in [0.25, 0.3) is 0 Å². The van der Waals surface area contributed by atoms with Crippen molar-refractivity contribution in [1.82, 2.24) is 28.7 Å². The lowest BCUT2D eigenvalue weighted by atomic mass is 9.97. The molecule has 0 unspecified atom stereocenters. The zero-order valence-corrected chi connectivity index (χ0v) is 32.9. The van der Waals surface area contributed by atoms with Crippen LogP contribution in [0.2, 0.25) is 0 Å². The number of aromatic nitrogens is 6. The van der Waals surface area contributed by atoms with E-state index in [1.54, 1.807) is 0 Å². The van der Waals surface area contributed by atoms with Crippen LogP contribution < -0.4 is 0 Å². The summed E-state index contributed by atoms with van der Waals surface area (Å²) in [6.45, 7) is 6.28. The number of rotatable bonds is 8. The third-order valence-electron chi connectivity index (χ3n) is 11.5. The van der Waals surface area contributed by atoms with Crippen molar-refractivity contribution in [3.63, 3.8) is 0 Å². The highest BCUT2D eigenvalue weighted by Gasteiger charge is 2.21. The summed E-state index contributed by atoms with van der Waals surface area (Å²) in [5, 5.41) is 5.68. The Kier molecular flexibility index (Phi) is 8.41. The molecule has 0 amide bonds. The molecule has 0 aliphatic heterocycles. The molecular weight excluding hydrogens is 733 g/mol. The summed E-state index contributed by atoms with van der Waals surface area (Å²) in [4.78, 5) is 15.7. The summed E-state index contributed by atoms with van der Waals surface area (Å²) in [6.07, 6.45) is 12.3. The molecule has 11 aromatic rings. The maximum absolute atomic E-state index is 5.29. The van der Waals surface area contributed by atoms with Gasteiger partial charge in [-0.2, -0.15) is 0 Å². The van der Waals surface area contributed by atoms with Crippen LogP contribution in [-0.4, -0.2) is 28.7 Å². The van der Waals surface area contributed by atoms with Crippen molar-refractivity contribution in [1.29, 1.82) is 0 Å². The van der Waals surface area contributed by atoms with Gasteiger partial charge in [0.05, 0.1) is 22.4 Å². The van der Waals surface area contributed by atoms with Crippen LogP contribution in [-0.2, 0) is 0 Å². The number of benzene rings is 6. The summed E-state index contributed by atoms with van der Waals surface area (Å²) in [5.74, 6) is 1.40. The minimum absolute atomic E-state index is 0.603. The van der Waals surface area contributed by atoms with Gasteiger partial charge >= 0.3 is 0 Å². The van der Waals surface area contributed by atoms with Gasteiger partial charge in [-0.3, -0.25) is 4.57 Å². The predicted octanol–water partition coefficient (Wildman–Crippen LogP) is 13.5. The Morgan fingerprint density at radius 1 is 0.550 bits per heavy atom. The molecule has 0 saturated carbocycles. The maximum atomic E-state index is 5.29. The number of hydrogen-bond donors (Lipinski definition) is 0. The fourth-order valence-electron chi connectivity index (χ4n) is 8.72. The van der Waals surface area contributed by atoms with Crippen molar-refractivity contribution in [2.45, 2.75) is 6.92 Å². The zero-order chi connectivity index (χ0) is 40.2. The molecule has 6 heteroatoms. The molecule has 11 rings (SSSR count). The SMILES string of the molecule is C=Cc1c(/C=C\C)n(-c2ccc(-c3nc(-c4ccc(-c5cccc6ccccc56)cc4)c4ccn(-c5ccccc5)c4n3)cn2)c2c1ccc1c2ccn1-c1ccccc1. The van der Waals surface area contributed by atoms with Crippen LogP contribution in [0, 0.1) is 0 Å². The number of pyridine rings is 1. The topological polar surface area (TPSA) is 53.5 Å². The highest BCUT2D eigenvalue weighted by atomic mass is 15.1. The van der Waals surface area contributed by atoms with E-state index in [0.29, 0.717) is 5.82 Å². The van der Waals surface area contributed by atoms with E-state index in [1.807, 2.05) is 43.5 Å². The largest absolute Gasteiger partial charge is 0.316 e. The smallest absolute Gasteiger partial charge is 0.163 e. The molecule has 0 radical (unpaired) electrons. The molecule has 0 fully saturated rings. The monoisotopic (exact) mass is 770 g/mol. The van der Waals surface area contributed by atoms with Gasteiger partial charge in [-0.05, 0) is 89.5 Å². The fourth-order valence-corrected chi connectivity index (χ4v) is 8.72. The second-order valence-corrected chi connectivity index (χ2v) is 14.9. The molecule has 284 valence electrons. The van der Waals surface area contributed by atoms with Gasteiger partial charge in [0, 0.05) is 62.8 Å². The molecule has 0 spiro atoms. The Morgan fingerprint density at radius 3 is 1.98 bits per heavy atom. The molecule has 5 aromatic heterocycles. The molecule has 5 heterocycles. The first-order valence-electron chi connectivity index (χ1n) is 20.2. The minimum Gasteiger partial charge on any atom is -0.316 e. The molecule has 0 saturated heterocycles. The quantitative estimate of drug-likeness (QED) is 0.155. The summed E-state index contributed by atoms with van der Waals surface area (Å²) in [7, 11) is 0. The Balaban J connectivity index is 1.06. The number of fused-ring (bicyclic) bond motifs is 5. The van der Waals surface area contributed by atoms with Gasteiger partial charge < -0.3 is 9.13 Å². The van der Waals surface area contributed by atoms with Crippen LogP contribution in [0.5, 0.6) is 0 Å². The zero-order valence-electron chi connectivity index (χ0n) is 32.9. The van der Waals surface area contributed by atoms with Crippen molar-refractivity contribution in [2.75, 3.05) is 0 Å².